The third-order valence-electron chi connectivity index (χ3n) is 2.70. The van der Waals surface area contributed by atoms with Crippen molar-refractivity contribution in [1.29, 1.82) is 0 Å². The van der Waals surface area contributed by atoms with Gasteiger partial charge in [0.2, 0.25) is 0 Å². The Kier molecular flexibility index (Phi) is 4.64. The molecule has 1 aromatic rings. The molecule has 0 saturated heterocycles. The Morgan fingerprint density at radius 3 is 2.53 bits per heavy atom. The zero-order valence-corrected chi connectivity index (χ0v) is 10.7. The molecule has 0 saturated carbocycles. The maximum atomic E-state index is 13.0. The lowest BCUT2D eigenvalue weighted by Gasteiger charge is -2.14. The standard InChI is InChI=1S/C14H14F3NO/c1-4-5-6-10-7-9(2)11(13(19)18-3)8-12(10)14(15,16)17/h4-5,7-8H,3,6H2,1-2H3. The van der Waals surface area contributed by atoms with E-state index in [1.807, 2.05) is 0 Å². The van der Waals surface area contributed by atoms with Crippen molar-refractivity contribution < 1.29 is 18.0 Å². The second-order valence-corrected chi connectivity index (χ2v) is 4.06. The van der Waals surface area contributed by atoms with Crippen LogP contribution in [0, 0.1) is 6.92 Å². The molecule has 0 unspecified atom stereocenters. The number of hydrogen-bond acceptors (Lipinski definition) is 1. The average molecular weight is 269 g/mol. The van der Waals surface area contributed by atoms with Gasteiger partial charge in [-0.3, -0.25) is 4.79 Å². The summed E-state index contributed by atoms with van der Waals surface area (Å²) >= 11 is 0. The Morgan fingerprint density at radius 2 is 2.05 bits per heavy atom. The maximum Gasteiger partial charge on any atom is 0.416 e. The van der Waals surface area contributed by atoms with Crippen LogP contribution in [0.5, 0.6) is 0 Å². The quantitative estimate of drug-likeness (QED) is 0.603. The van der Waals surface area contributed by atoms with Crippen LogP contribution in [0.2, 0.25) is 0 Å². The lowest BCUT2D eigenvalue weighted by molar-refractivity contribution is -0.138. The monoisotopic (exact) mass is 269 g/mol. The Bertz CT molecular complexity index is 530. The average Bonchev–Trinajstić information content (AvgIpc) is 2.33. The number of aliphatic imine (C=N–C) groups is 1. The van der Waals surface area contributed by atoms with E-state index in [4.69, 9.17) is 0 Å². The molecular weight excluding hydrogens is 255 g/mol. The summed E-state index contributed by atoms with van der Waals surface area (Å²) in [5.74, 6) is -0.749. The molecule has 0 bridgehead atoms. The molecule has 0 radical (unpaired) electrons. The van der Waals surface area contributed by atoms with Gasteiger partial charge < -0.3 is 0 Å². The summed E-state index contributed by atoms with van der Waals surface area (Å²) in [5.41, 5.74) is -0.261. The topological polar surface area (TPSA) is 29.4 Å². The van der Waals surface area contributed by atoms with Gasteiger partial charge in [0.15, 0.2) is 0 Å². The van der Waals surface area contributed by atoms with E-state index in [1.54, 1.807) is 26.0 Å². The molecule has 0 spiro atoms. The number of carbonyl (C=O) groups excluding carboxylic acids is 1. The molecule has 19 heavy (non-hydrogen) atoms. The van der Waals surface area contributed by atoms with E-state index in [1.165, 1.54) is 6.07 Å². The molecule has 0 heterocycles. The number of carbonyl (C=O) groups is 1. The molecule has 1 aromatic carbocycles. The fraction of sp³-hybridized carbons (Fsp3) is 0.286. The minimum atomic E-state index is -4.50. The Morgan fingerprint density at radius 1 is 1.42 bits per heavy atom. The van der Waals surface area contributed by atoms with Crippen LogP contribution in [0.1, 0.15) is 34.0 Å². The number of benzene rings is 1. The molecule has 0 aliphatic heterocycles. The van der Waals surface area contributed by atoms with Crippen molar-refractivity contribution in [3.8, 4) is 0 Å². The fourth-order valence-electron chi connectivity index (χ4n) is 1.76. The van der Waals surface area contributed by atoms with Crippen molar-refractivity contribution >= 4 is 12.6 Å². The first-order valence-electron chi connectivity index (χ1n) is 5.64. The summed E-state index contributed by atoms with van der Waals surface area (Å²) in [6.45, 7) is 6.37. The van der Waals surface area contributed by atoms with Crippen LogP contribution in [0.4, 0.5) is 13.2 Å². The van der Waals surface area contributed by atoms with Gasteiger partial charge in [0.05, 0.1) is 5.56 Å². The van der Waals surface area contributed by atoms with E-state index in [0.29, 0.717) is 5.56 Å². The Balaban J connectivity index is 3.45. The number of alkyl halides is 3. The first kappa shape index (κ1) is 15.1. The van der Waals surface area contributed by atoms with Gasteiger partial charge in [-0.05, 0) is 44.2 Å². The highest BCUT2D eigenvalue weighted by Crippen LogP contribution is 2.34. The molecule has 1 rings (SSSR count). The highest BCUT2D eigenvalue weighted by atomic mass is 19.4. The number of amides is 1. The summed E-state index contributed by atoms with van der Waals surface area (Å²) in [6, 6.07) is 2.23. The van der Waals surface area contributed by atoms with Crippen LogP contribution in [-0.4, -0.2) is 12.6 Å². The minimum Gasteiger partial charge on any atom is -0.267 e. The normalized spacial score (nSPS) is 11.8. The van der Waals surface area contributed by atoms with Crippen molar-refractivity contribution in [2.75, 3.05) is 0 Å². The molecule has 0 fully saturated rings. The molecule has 1 amide bonds. The van der Waals surface area contributed by atoms with E-state index in [9.17, 15) is 18.0 Å². The number of rotatable bonds is 3. The van der Waals surface area contributed by atoms with Crippen LogP contribution in [0.15, 0.2) is 29.3 Å². The summed E-state index contributed by atoms with van der Waals surface area (Å²) in [6.07, 6.45) is -1.01. The Labute approximate surface area is 109 Å². The fourth-order valence-corrected chi connectivity index (χ4v) is 1.76. The summed E-state index contributed by atoms with van der Waals surface area (Å²) in [5, 5.41) is 0. The van der Waals surface area contributed by atoms with Crippen LogP contribution in [-0.2, 0) is 12.6 Å². The van der Waals surface area contributed by atoms with E-state index in [2.05, 4.69) is 11.7 Å². The van der Waals surface area contributed by atoms with Crippen LogP contribution in [0.3, 0.4) is 0 Å². The molecule has 0 N–H and O–H groups in total. The molecule has 0 aliphatic rings. The van der Waals surface area contributed by atoms with Gasteiger partial charge in [0.25, 0.3) is 5.91 Å². The van der Waals surface area contributed by atoms with E-state index < -0.39 is 17.6 Å². The number of nitrogens with zero attached hydrogens (tertiary/aromatic N) is 1. The number of aryl methyl sites for hydroxylation is 1. The molecule has 5 heteroatoms. The first-order valence-corrected chi connectivity index (χ1v) is 5.64. The zero-order valence-electron chi connectivity index (χ0n) is 10.7. The second-order valence-electron chi connectivity index (χ2n) is 4.06. The van der Waals surface area contributed by atoms with Crippen molar-refractivity contribution in [3.63, 3.8) is 0 Å². The number of allylic oxidation sites excluding steroid dienone is 2. The summed E-state index contributed by atoms with van der Waals surface area (Å²) in [4.78, 5) is 14.6. The zero-order chi connectivity index (χ0) is 14.6. The number of hydrogen-bond donors (Lipinski definition) is 0. The van der Waals surface area contributed by atoms with E-state index in [0.717, 1.165) is 6.07 Å². The van der Waals surface area contributed by atoms with E-state index >= 15 is 0 Å². The molecular formula is C14H14F3NO. The van der Waals surface area contributed by atoms with Gasteiger partial charge >= 0.3 is 6.18 Å². The molecule has 2 nitrogen and oxygen atoms in total. The van der Waals surface area contributed by atoms with Crippen LogP contribution >= 0.6 is 0 Å². The second kappa shape index (κ2) is 5.82. The van der Waals surface area contributed by atoms with Gasteiger partial charge in [-0.25, -0.2) is 4.99 Å². The number of halogens is 3. The van der Waals surface area contributed by atoms with Gasteiger partial charge in [0, 0.05) is 5.56 Å². The van der Waals surface area contributed by atoms with Gasteiger partial charge in [0.1, 0.15) is 0 Å². The molecule has 0 aromatic heterocycles. The SMILES string of the molecule is C=NC(=O)c1cc(C(F)(F)F)c(CC=CC)cc1C. The Hall–Kier alpha value is -1.91. The van der Waals surface area contributed by atoms with Gasteiger partial charge in [-0.1, -0.05) is 18.2 Å². The molecule has 102 valence electrons. The summed E-state index contributed by atoms with van der Waals surface area (Å²) in [7, 11) is 0. The summed E-state index contributed by atoms with van der Waals surface area (Å²) < 4.78 is 38.9. The van der Waals surface area contributed by atoms with Crippen molar-refractivity contribution in [2.24, 2.45) is 4.99 Å². The maximum absolute atomic E-state index is 13.0. The van der Waals surface area contributed by atoms with Crippen LogP contribution < -0.4 is 0 Å². The first-order chi connectivity index (χ1) is 8.81. The highest BCUT2D eigenvalue weighted by molar-refractivity contribution is 5.98. The lowest BCUT2D eigenvalue weighted by Crippen LogP contribution is -2.12. The third kappa shape index (κ3) is 3.53. The van der Waals surface area contributed by atoms with Crippen molar-refractivity contribution in [3.05, 3.63) is 46.5 Å². The molecule has 0 atom stereocenters. The van der Waals surface area contributed by atoms with Crippen molar-refractivity contribution in [1.82, 2.24) is 0 Å². The highest BCUT2D eigenvalue weighted by Gasteiger charge is 2.34. The smallest absolute Gasteiger partial charge is 0.267 e. The minimum absolute atomic E-state index is 0.0634. The predicted molar refractivity (Wildman–Crippen MR) is 68.6 cm³/mol. The molecule has 0 aliphatic carbocycles. The third-order valence-corrected chi connectivity index (χ3v) is 2.70. The largest absolute Gasteiger partial charge is 0.416 e. The van der Waals surface area contributed by atoms with Crippen molar-refractivity contribution in [2.45, 2.75) is 26.4 Å². The van der Waals surface area contributed by atoms with E-state index in [-0.39, 0.29) is 17.5 Å². The predicted octanol–water partition coefficient (Wildman–Crippen LogP) is 3.97. The lowest BCUT2D eigenvalue weighted by atomic mass is 9.96. The van der Waals surface area contributed by atoms with Crippen LogP contribution in [0.25, 0.3) is 0 Å². The van der Waals surface area contributed by atoms with Gasteiger partial charge in [-0.15, -0.1) is 0 Å². The van der Waals surface area contributed by atoms with Gasteiger partial charge in [-0.2, -0.15) is 13.2 Å².